The molecular weight excluding hydrogens is 713 g/mol. The lowest BCUT2D eigenvalue weighted by Gasteiger charge is -2.19. The van der Waals surface area contributed by atoms with Crippen molar-refractivity contribution < 1.29 is 37.6 Å². The van der Waals surface area contributed by atoms with Gasteiger partial charge in [-0.25, -0.2) is 4.57 Å². The van der Waals surface area contributed by atoms with Gasteiger partial charge in [0.1, 0.15) is 6.61 Å². The van der Waals surface area contributed by atoms with Crippen LogP contribution in [0.25, 0.3) is 0 Å². The zero-order valence-electron chi connectivity index (χ0n) is 35.7. The number of hydrogen-bond donors (Lipinski definition) is 2. The smallest absolute Gasteiger partial charge is 0.462 e. The van der Waals surface area contributed by atoms with E-state index in [-0.39, 0.29) is 38.6 Å². The average molecular weight is 800 g/mol. The Labute approximate surface area is 338 Å². The zero-order valence-corrected chi connectivity index (χ0v) is 36.6. The number of esters is 2. The second-order valence-corrected chi connectivity index (χ2v) is 16.7. The summed E-state index contributed by atoms with van der Waals surface area (Å²) in [6, 6.07) is 0. The van der Waals surface area contributed by atoms with Gasteiger partial charge in [0.25, 0.3) is 0 Å². The van der Waals surface area contributed by atoms with Gasteiger partial charge in [-0.05, 0) is 44.9 Å². The number of allylic oxidation sites excluding steroid dienone is 4. The molecule has 0 amide bonds. The van der Waals surface area contributed by atoms with Crippen molar-refractivity contribution >= 4 is 19.8 Å². The van der Waals surface area contributed by atoms with Crippen LogP contribution >= 0.6 is 7.82 Å². The maximum Gasteiger partial charge on any atom is 0.472 e. The number of carbonyl (C=O) groups is 2. The van der Waals surface area contributed by atoms with Crippen LogP contribution in [-0.4, -0.2) is 49.3 Å². The standard InChI is InChI=1S/C45H86NO8P/c1-3-5-7-9-11-13-15-17-19-20-21-22-24-26-28-30-32-34-36-38-45(48)54-43(42-53-55(49,50)52-40-39-46)41-51-44(47)37-35-33-31-29-27-25-23-18-16-14-12-10-8-6-4-2/h11,13,17,19,43H,3-10,12,14-16,18,20-42,46H2,1-2H3,(H,49,50)/b13-11+,19-17+/t43-/m1/s1. The highest BCUT2D eigenvalue weighted by Crippen LogP contribution is 2.43. The molecule has 0 aromatic rings. The summed E-state index contributed by atoms with van der Waals surface area (Å²) in [5.74, 6) is -0.824. The van der Waals surface area contributed by atoms with E-state index in [1.54, 1.807) is 0 Å². The third-order valence-electron chi connectivity index (χ3n) is 9.84. The summed E-state index contributed by atoms with van der Waals surface area (Å²) in [6.45, 7) is 3.73. The van der Waals surface area contributed by atoms with Gasteiger partial charge in [0.15, 0.2) is 6.10 Å². The zero-order chi connectivity index (χ0) is 40.3. The van der Waals surface area contributed by atoms with Crippen molar-refractivity contribution in [1.82, 2.24) is 0 Å². The van der Waals surface area contributed by atoms with Gasteiger partial charge in [-0.15, -0.1) is 0 Å². The van der Waals surface area contributed by atoms with Crippen LogP contribution in [0.15, 0.2) is 24.3 Å². The van der Waals surface area contributed by atoms with E-state index in [2.05, 4.69) is 38.2 Å². The van der Waals surface area contributed by atoms with E-state index in [4.69, 9.17) is 24.3 Å². The molecule has 0 rings (SSSR count). The molecule has 0 heterocycles. The molecule has 3 N–H and O–H groups in total. The Morgan fingerprint density at radius 1 is 0.545 bits per heavy atom. The van der Waals surface area contributed by atoms with Crippen LogP contribution in [0.1, 0.15) is 219 Å². The van der Waals surface area contributed by atoms with Gasteiger partial charge in [-0.2, -0.15) is 0 Å². The van der Waals surface area contributed by atoms with Crippen LogP contribution in [0.5, 0.6) is 0 Å². The summed E-state index contributed by atoms with van der Waals surface area (Å²) >= 11 is 0. The van der Waals surface area contributed by atoms with Crippen LogP contribution in [0.4, 0.5) is 0 Å². The maximum atomic E-state index is 12.6. The molecule has 0 aliphatic carbocycles. The lowest BCUT2D eigenvalue weighted by atomic mass is 10.0. The topological polar surface area (TPSA) is 134 Å². The molecule has 0 aromatic carbocycles. The molecule has 0 saturated heterocycles. The fraction of sp³-hybridized carbons (Fsp3) is 0.867. The van der Waals surface area contributed by atoms with Gasteiger partial charge in [-0.3, -0.25) is 18.6 Å². The fourth-order valence-electron chi connectivity index (χ4n) is 6.43. The minimum atomic E-state index is -4.37. The molecule has 10 heteroatoms. The molecule has 0 spiro atoms. The van der Waals surface area contributed by atoms with E-state index >= 15 is 0 Å². The van der Waals surface area contributed by atoms with Gasteiger partial charge in [0, 0.05) is 19.4 Å². The Hall–Kier alpha value is -1.51. The molecule has 324 valence electrons. The van der Waals surface area contributed by atoms with Crippen LogP contribution in [0.3, 0.4) is 0 Å². The minimum absolute atomic E-state index is 0.0544. The monoisotopic (exact) mass is 800 g/mol. The number of rotatable bonds is 43. The first-order chi connectivity index (χ1) is 26.8. The maximum absolute atomic E-state index is 12.6. The van der Waals surface area contributed by atoms with Crippen molar-refractivity contribution in [1.29, 1.82) is 0 Å². The summed E-state index contributed by atoms with van der Waals surface area (Å²) in [5, 5.41) is 0. The predicted octanol–water partition coefficient (Wildman–Crippen LogP) is 13.2. The molecule has 55 heavy (non-hydrogen) atoms. The number of unbranched alkanes of at least 4 members (excludes halogenated alkanes) is 26. The lowest BCUT2D eigenvalue weighted by molar-refractivity contribution is -0.161. The van der Waals surface area contributed by atoms with Gasteiger partial charge >= 0.3 is 19.8 Å². The first kappa shape index (κ1) is 53.5. The second-order valence-electron chi connectivity index (χ2n) is 15.3. The molecule has 9 nitrogen and oxygen atoms in total. The summed E-state index contributed by atoms with van der Waals surface area (Å²) < 4.78 is 32.8. The summed E-state index contributed by atoms with van der Waals surface area (Å²) in [4.78, 5) is 34.9. The van der Waals surface area contributed by atoms with Gasteiger partial charge < -0.3 is 20.1 Å². The number of ether oxygens (including phenoxy) is 2. The number of nitrogens with two attached hydrogens (primary N) is 1. The number of phosphoric acid groups is 1. The first-order valence-electron chi connectivity index (χ1n) is 22.8. The van der Waals surface area contributed by atoms with Gasteiger partial charge in [0.2, 0.25) is 0 Å². The van der Waals surface area contributed by atoms with Gasteiger partial charge in [0.05, 0.1) is 13.2 Å². The van der Waals surface area contributed by atoms with Crippen molar-refractivity contribution in [2.45, 2.75) is 225 Å². The van der Waals surface area contributed by atoms with Crippen molar-refractivity contribution in [3.05, 3.63) is 24.3 Å². The van der Waals surface area contributed by atoms with E-state index in [9.17, 15) is 19.0 Å². The average Bonchev–Trinajstić information content (AvgIpc) is 3.17. The second kappa shape index (κ2) is 42.1. The molecule has 0 radical (unpaired) electrons. The highest BCUT2D eigenvalue weighted by atomic mass is 31.2. The first-order valence-corrected chi connectivity index (χ1v) is 24.3. The molecule has 0 aromatic heterocycles. The number of hydrogen-bond acceptors (Lipinski definition) is 8. The number of carbonyl (C=O) groups excluding carboxylic acids is 2. The Morgan fingerprint density at radius 3 is 1.42 bits per heavy atom. The van der Waals surface area contributed by atoms with Crippen molar-refractivity contribution in [2.75, 3.05) is 26.4 Å². The largest absolute Gasteiger partial charge is 0.472 e. The number of phosphoric ester groups is 1. The van der Waals surface area contributed by atoms with E-state index in [1.165, 1.54) is 135 Å². The molecular formula is C45H86NO8P. The van der Waals surface area contributed by atoms with Crippen LogP contribution < -0.4 is 5.73 Å². The van der Waals surface area contributed by atoms with Crippen LogP contribution in [0, 0.1) is 0 Å². The molecule has 0 aliphatic rings. The van der Waals surface area contributed by atoms with Crippen LogP contribution in [0.2, 0.25) is 0 Å². The Morgan fingerprint density at radius 2 is 0.945 bits per heavy atom. The van der Waals surface area contributed by atoms with Crippen molar-refractivity contribution in [2.24, 2.45) is 5.73 Å². The Balaban J connectivity index is 4.10. The third kappa shape index (κ3) is 41.9. The summed E-state index contributed by atoms with van der Waals surface area (Å²) in [6.07, 6.45) is 44.9. The lowest BCUT2D eigenvalue weighted by Crippen LogP contribution is -2.29. The van der Waals surface area contributed by atoms with E-state index in [0.29, 0.717) is 6.42 Å². The normalized spacial score (nSPS) is 13.5. The molecule has 2 atom stereocenters. The van der Waals surface area contributed by atoms with Crippen molar-refractivity contribution in [3.63, 3.8) is 0 Å². The Bertz CT molecular complexity index is 959. The van der Waals surface area contributed by atoms with E-state index < -0.39 is 26.5 Å². The Kier molecular flexibility index (Phi) is 40.9. The third-order valence-corrected chi connectivity index (χ3v) is 10.8. The minimum Gasteiger partial charge on any atom is -0.462 e. The fourth-order valence-corrected chi connectivity index (χ4v) is 7.20. The molecule has 0 bridgehead atoms. The molecule has 0 saturated carbocycles. The SMILES string of the molecule is CCCCC/C=C/C/C=C/CCCCCCCCCCCC(=O)O[C@H](COC(=O)CCCCCCCCCCCCCCCCC)COP(=O)(O)OCCN. The molecule has 0 aliphatic heterocycles. The summed E-state index contributed by atoms with van der Waals surface area (Å²) in [7, 11) is -4.37. The predicted molar refractivity (Wildman–Crippen MR) is 229 cm³/mol. The highest BCUT2D eigenvalue weighted by Gasteiger charge is 2.26. The van der Waals surface area contributed by atoms with Crippen molar-refractivity contribution in [3.8, 4) is 0 Å². The van der Waals surface area contributed by atoms with Crippen LogP contribution in [-0.2, 0) is 32.7 Å². The van der Waals surface area contributed by atoms with Gasteiger partial charge in [-0.1, -0.05) is 186 Å². The molecule has 0 fully saturated rings. The quantitative estimate of drug-likeness (QED) is 0.0267. The highest BCUT2D eigenvalue weighted by molar-refractivity contribution is 7.47. The molecule has 1 unspecified atom stereocenters. The van der Waals surface area contributed by atoms with E-state index in [1.807, 2.05) is 0 Å². The van der Waals surface area contributed by atoms with E-state index in [0.717, 1.165) is 51.4 Å². The summed E-state index contributed by atoms with van der Waals surface area (Å²) in [5.41, 5.74) is 5.35.